The minimum absolute atomic E-state index is 0.0261. The smallest absolute Gasteiger partial charge is 0.389 e. The number of benzene rings is 1. The molecule has 0 aliphatic heterocycles. The zero-order chi connectivity index (χ0) is 16.3. The van der Waals surface area contributed by atoms with Crippen LogP contribution in [0.15, 0.2) is 17.0 Å². The Morgan fingerprint density at radius 3 is 2.14 bits per heavy atom. The third kappa shape index (κ3) is 5.55. The van der Waals surface area contributed by atoms with Gasteiger partial charge >= 0.3 is 6.18 Å². The highest BCUT2D eigenvalue weighted by Gasteiger charge is 2.26. The minimum atomic E-state index is -4.21. The molecule has 0 aliphatic rings. The van der Waals surface area contributed by atoms with Gasteiger partial charge in [-0.2, -0.15) is 13.2 Å². The van der Waals surface area contributed by atoms with E-state index in [9.17, 15) is 21.6 Å². The Balaban J connectivity index is 2.67. The first kappa shape index (κ1) is 17.8. The van der Waals surface area contributed by atoms with E-state index in [1.54, 1.807) is 26.0 Å². The van der Waals surface area contributed by atoms with Gasteiger partial charge in [0.15, 0.2) is 0 Å². The number of hydrogen-bond acceptors (Lipinski definition) is 3. The van der Waals surface area contributed by atoms with Crippen LogP contribution in [0.1, 0.15) is 30.4 Å². The van der Waals surface area contributed by atoms with Crippen LogP contribution in [0, 0.1) is 13.8 Å². The summed E-state index contributed by atoms with van der Waals surface area (Å²) in [6, 6.07) is 3.09. The van der Waals surface area contributed by atoms with Crippen LogP contribution in [-0.4, -0.2) is 21.1 Å². The number of aryl methyl sites for hydroxylation is 2. The van der Waals surface area contributed by atoms with Crippen molar-refractivity contribution in [2.45, 2.75) is 44.2 Å². The second-order valence-electron chi connectivity index (χ2n) is 4.95. The average molecular weight is 324 g/mol. The van der Waals surface area contributed by atoms with Gasteiger partial charge in [-0.3, -0.25) is 0 Å². The first-order chi connectivity index (χ1) is 9.53. The third-order valence-electron chi connectivity index (χ3n) is 2.93. The molecule has 1 aromatic rings. The maximum atomic E-state index is 12.2. The van der Waals surface area contributed by atoms with E-state index >= 15 is 0 Å². The third-order valence-corrected chi connectivity index (χ3v) is 4.70. The van der Waals surface area contributed by atoms with Crippen molar-refractivity contribution in [3.63, 3.8) is 0 Å². The Labute approximate surface area is 122 Å². The normalized spacial score (nSPS) is 12.6. The lowest BCUT2D eigenvalue weighted by molar-refractivity contribution is -0.135. The second kappa shape index (κ2) is 6.65. The van der Waals surface area contributed by atoms with E-state index in [1.807, 2.05) is 0 Å². The standard InChI is InChI=1S/C13H19F3N2O2S/c1-9-7-11(17)8-10(2)12(9)21(19,20)18-6-4-3-5-13(14,15)16/h7-8,18H,3-6,17H2,1-2H3. The van der Waals surface area contributed by atoms with Gasteiger partial charge < -0.3 is 5.73 Å². The topological polar surface area (TPSA) is 72.2 Å². The van der Waals surface area contributed by atoms with Crippen LogP contribution >= 0.6 is 0 Å². The van der Waals surface area contributed by atoms with Crippen molar-refractivity contribution >= 4 is 15.7 Å². The lowest BCUT2D eigenvalue weighted by Crippen LogP contribution is -2.26. The first-order valence-electron chi connectivity index (χ1n) is 6.46. The number of sulfonamides is 1. The fourth-order valence-electron chi connectivity index (χ4n) is 2.14. The van der Waals surface area contributed by atoms with Crippen molar-refractivity contribution in [3.8, 4) is 0 Å². The second-order valence-corrected chi connectivity index (χ2v) is 6.66. The summed E-state index contributed by atoms with van der Waals surface area (Å²) < 4.78 is 62.6. The van der Waals surface area contributed by atoms with Crippen molar-refractivity contribution < 1.29 is 21.6 Å². The Bertz CT molecular complexity index is 575. The molecule has 0 fully saturated rings. The number of nitrogens with two attached hydrogens (primary N) is 1. The summed E-state index contributed by atoms with van der Waals surface area (Å²) in [5, 5.41) is 0. The maximum absolute atomic E-state index is 12.2. The zero-order valence-electron chi connectivity index (χ0n) is 11.9. The average Bonchev–Trinajstić information content (AvgIpc) is 2.24. The largest absolute Gasteiger partial charge is 0.399 e. The van der Waals surface area contributed by atoms with Gasteiger partial charge in [0.25, 0.3) is 0 Å². The van der Waals surface area contributed by atoms with Crippen LogP contribution in [0.4, 0.5) is 18.9 Å². The number of hydrogen-bond donors (Lipinski definition) is 2. The molecule has 0 saturated heterocycles. The van der Waals surface area contributed by atoms with Crippen molar-refractivity contribution in [3.05, 3.63) is 23.3 Å². The maximum Gasteiger partial charge on any atom is 0.389 e. The Morgan fingerprint density at radius 1 is 1.14 bits per heavy atom. The molecule has 1 rings (SSSR count). The fourth-order valence-corrected chi connectivity index (χ4v) is 3.66. The van der Waals surface area contributed by atoms with Crippen molar-refractivity contribution in [2.24, 2.45) is 0 Å². The Kier molecular flexibility index (Phi) is 5.63. The Morgan fingerprint density at radius 2 is 1.67 bits per heavy atom. The monoisotopic (exact) mass is 324 g/mol. The highest BCUT2D eigenvalue weighted by molar-refractivity contribution is 7.89. The zero-order valence-corrected chi connectivity index (χ0v) is 12.7. The summed E-state index contributed by atoms with van der Waals surface area (Å²) in [5.41, 5.74) is 7.12. The summed E-state index contributed by atoms with van der Waals surface area (Å²) in [4.78, 5) is 0.132. The highest BCUT2D eigenvalue weighted by atomic mass is 32.2. The predicted molar refractivity (Wildman–Crippen MR) is 75.4 cm³/mol. The van der Waals surface area contributed by atoms with E-state index in [0.717, 1.165) is 0 Å². The number of nitrogens with one attached hydrogen (secondary N) is 1. The molecule has 0 radical (unpaired) electrons. The number of rotatable bonds is 6. The van der Waals surface area contributed by atoms with Gasteiger partial charge in [-0.15, -0.1) is 0 Å². The van der Waals surface area contributed by atoms with Crippen LogP contribution < -0.4 is 10.5 Å². The van der Waals surface area contributed by atoms with Crippen molar-refractivity contribution in [1.82, 2.24) is 4.72 Å². The van der Waals surface area contributed by atoms with E-state index in [4.69, 9.17) is 5.73 Å². The quantitative estimate of drug-likeness (QED) is 0.624. The molecule has 0 aliphatic carbocycles. The van der Waals surface area contributed by atoms with E-state index in [0.29, 0.717) is 16.8 Å². The molecule has 0 aromatic heterocycles. The molecule has 0 spiro atoms. The van der Waals surface area contributed by atoms with Gasteiger partial charge in [0, 0.05) is 18.7 Å². The Hall–Kier alpha value is -1.28. The molecule has 4 nitrogen and oxygen atoms in total. The van der Waals surface area contributed by atoms with Gasteiger partial charge in [0.1, 0.15) is 0 Å². The summed E-state index contributed by atoms with van der Waals surface area (Å²) in [5.74, 6) is 0. The predicted octanol–water partition coefficient (Wildman–Crippen LogP) is 2.90. The van der Waals surface area contributed by atoms with Gasteiger partial charge in [-0.25, -0.2) is 13.1 Å². The van der Waals surface area contributed by atoms with Gasteiger partial charge in [-0.05, 0) is 49.9 Å². The highest BCUT2D eigenvalue weighted by Crippen LogP contribution is 2.24. The van der Waals surface area contributed by atoms with Crippen LogP contribution in [-0.2, 0) is 10.0 Å². The summed E-state index contributed by atoms with van der Waals surface area (Å²) in [6.07, 6.45) is -5.09. The molecule has 0 bridgehead atoms. The molecular weight excluding hydrogens is 305 g/mol. The van der Waals surface area contributed by atoms with Gasteiger partial charge in [0.2, 0.25) is 10.0 Å². The molecule has 0 heterocycles. The first-order valence-corrected chi connectivity index (χ1v) is 7.94. The van der Waals surface area contributed by atoms with Crippen LogP contribution in [0.25, 0.3) is 0 Å². The molecule has 8 heteroatoms. The van der Waals surface area contributed by atoms with Crippen molar-refractivity contribution in [1.29, 1.82) is 0 Å². The van der Waals surface area contributed by atoms with Crippen molar-refractivity contribution in [2.75, 3.05) is 12.3 Å². The minimum Gasteiger partial charge on any atom is -0.399 e. The number of nitrogen functional groups attached to an aromatic ring is 1. The molecule has 120 valence electrons. The molecule has 1 aromatic carbocycles. The SMILES string of the molecule is Cc1cc(N)cc(C)c1S(=O)(=O)NCCCCC(F)(F)F. The number of alkyl halides is 3. The number of anilines is 1. The molecule has 0 amide bonds. The van der Waals surface area contributed by atoms with Crippen LogP contribution in [0.2, 0.25) is 0 Å². The van der Waals surface area contributed by atoms with E-state index in [2.05, 4.69) is 4.72 Å². The number of halogens is 3. The lowest BCUT2D eigenvalue weighted by atomic mass is 10.1. The molecule has 21 heavy (non-hydrogen) atoms. The summed E-state index contributed by atoms with van der Waals surface area (Å²) in [6.45, 7) is 3.23. The van der Waals surface area contributed by atoms with E-state index in [1.165, 1.54) is 0 Å². The van der Waals surface area contributed by atoms with Crippen LogP contribution in [0.3, 0.4) is 0 Å². The van der Waals surface area contributed by atoms with Gasteiger partial charge in [-0.1, -0.05) is 0 Å². The summed E-state index contributed by atoms with van der Waals surface area (Å²) >= 11 is 0. The van der Waals surface area contributed by atoms with Crippen LogP contribution in [0.5, 0.6) is 0 Å². The van der Waals surface area contributed by atoms with Gasteiger partial charge in [0.05, 0.1) is 4.90 Å². The molecule has 0 saturated carbocycles. The summed E-state index contributed by atoms with van der Waals surface area (Å²) in [7, 11) is -3.74. The fraction of sp³-hybridized carbons (Fsp3) is 0.538. The van der Waals surface area contributed by atoms with E-state index in [-0.39, 0.29) is 24.3 Å². The molecule has 3 N–H and O–H groups in total. The lowest BCUT2D eigenvalue weighted by Gasteiger charge is -2.13. The molecular formula is C13H19F3N2O2S. The molecule has 0 atom stereocenters. The number of unbranched alkanes of at least 4 members (excludes halogenated alkanes) is 1. The molecule has 0 unspecified atom stereocenters. The van der Waals surface area contributed by atoms with E-state index < -0.39 is 22.6 Å².